The second-order valence-electron chi connectivity index (χ2n) is 9.57. The molecule has 8 nitrogen and oxygen atoms in total. The van der Waals surface area contributed by atoms with Crippen molar-refractivity contribution in [2.75, 3.05) is 31.5 Å². The standard InChI is InChI=1S/C29H32Cl2FN3O5S2/c1-20-6-3-4-15-35(20)16-5-17-39-27-12-14-33-13-11-22(8-10-26(27)38-2)40-25-9-7-21(18-24(25)32)34-42(36,37)28-23(30)19-41-29(28)31/h7-14,18-20,34H,3-6,15-17H2,1-2H3. The summed E-state index contributed by atoms with van der Waals surface area (Å²) >= 11 is 12.9. The molecular weight excluding hydrogens is 624 g/mol. The SMILES string of the molecule is COc1ccc(Oc2ccc(NS(=O)(=O)c3c(Cl)csc3Cl)cc2F)ccnccc1OCCCN1CCCCC1C. The molecule has 3 heterocycles. The molecule has 0 radical (unpaired) electrons. The molecule has 1 unspecified atom stereocenters. The van der Waals surface area contributed by atoms with Crippen LogP contribution in [0.3, 0.4) is 0 Å². The Kier molecular flexibility index (Phi) is 11.5. The number of hydrogen-bond donors (Lipinski definition) is 1. The molecule has 1 aliphatic heterocycles. The number of piperidine rings is 1. The molecule has 0 saturated carbocycles. The number of sulfonamides is 1. The van der Waals surface area contributed by atoms with Crippen molar-refractivity contribution >= 4 is 50.2 Å². The molecule has 1 atom stereocenters. The fourth-order valence-electron chi connectivity index (χ4n) is 4.47. The lowest BCUT2D eigenvalue weighted by Gasteiger charge is -2.33. The maximum Gasteiger partial charge on any atom is 0.265 e. The molecular formula is C29H32Cl2FN3O5S2. The molecule has 3 aromatic rings. The van der Waals surface area contributed by atoms with Crippen molar-refractivity contribution in [1.29, 1.82) is 0 Å². The fourth-order valence-corrected chi connectivity index (χ4v) is 7.80. The van der Waals surface area contributed by atoms with Crippen LogP contribution in [0.1, 0.15) is 32.6 Å². The number of ether oxygens (including phenoxy) is 3. The quantitative estimate of drug-likeness (QED) is 0.210. The molecule has 1 aliphatic rings. The Labute approximate surface area is 259 Å². The molecule has 1 saturated heterocycles. The molecule has 4 rings (SSSR count). The Morgan fingerprint density at radius 2 is 1.88 bits per heavy atom. The summed E-state index contributed by atoms with van der Waals surface area (Å²) in [4.78, 5) is 6.44. The van der Waals surface area contributed by atoms with Crippen molar-refractivity contribution in [1.82, 2.24) is 9.88 Å². The minimum Gasteiger partial charge on any atom is -0.493 e. The lowest BCUT2D eigenvalue weighted by atomic mass is 10.0. The van der Waals surface area contributed by atoms with Crippen molar-refractivity contribution in [3.05, 3.63) is 75.4 Å². The van der Waals surface area contributed by atoms with Crippen LogP contribution in [0, 0.1) is 5.82 Å². The van der Waals surface area contributed by atoms with Crippen molar-refractivity contribution in [3.63, 3.8) is 0 Å². The molecule has 1 aromatic carbocycles. The first-order valence-corrected chi connectivity index (χ1v) is 16.5. The van der Waals surface area contributed by atoms with Crippen LogP contribution in [0.15, 0.2) is 65.1 Å². The topological polar surface area (TPSA) is 90.0 Å². The van der Waals surface area contributed by atoms with Crippen LogP contribution >= 0.6 is 34.5 Å². The number of methoxy groups -OCH3 is 1. The number of thiophene rings is 1. The predicted octanol–water partition coefficient (Wildman–Crippen LogP) is 7.96. The molecule has 42 heavy (non-hydrogen) atoms. The van der Waals surface area contributed by atoms with Gasteiger partial charge in [0.2, 0.25) is 0 Å². The van der Waals surface area contributed by atoms with Crippen LogP contribution in [-0.2, 0) is 10.0 Å². The molecule has 0 spiro atoms. The summed E-state index contributed by atoms with van der Waals surface area (Å²) in [6.07, 6.45) is 7.70. The normalized spacial score (nSPS) is 15.5. The maximum atomic E-state index is 15.0. The minimum atomic E-state index is -4.13. The van der Waals surface area contributed by atoms with Gasteiger partial charge >= 0.3 is 0 Å². The molecule has 0 aliphatic carbocycles. The number of nitrogens with zero attached hydrogens (tertiary/aromatic N) is 2. The van der Waals surface area contributed by atoms with E-state index in [-0.39, 0.29) is 31.4 Å². The first kappa shape index (κ1) is 32.1. The summed E-state index contributed by atoms with van der Waals surface area (Å²) in [7, 11) is -2.60. The van der Waals surface area contributed by atoms with Gasteiger partial charge in [0.25, 0.3) is 10.0 Å². The van der Waals surface area contributed by atoms with Crippen LogP contribution in [0.25, 0.3) is 0 Å². The minimum absolute atomic E-state index is 0.00396. The zero-order valence-corrected chi connectivity index (χ0v) is 26.3. The Hall–Kier alpha value is -2.83. The third-order valence-electron chi connectivity index (χ3n) is 6.63. The van der Waals surface area contributed by atoms with E-state index in [1.54, 1.807) is 30.5 Å². The van der Waals surface area contributed by atoms with Gasteiger partial charge < -0.3 is 19.1 Å². The Bertz CT molecular complexity index is 1520. The van der Waals surface area contributed by atoms with E-state index in [0.29, 0.717) is 24.1 Å². The first-order chi connectivity index (χ1) is 20.2. The summed E-state index contributed by atoms with van der Waals surface area (Å²) in [6.45, 7) is 4.87. The number of hydrogen-bond acceptors (Lipinski definition) is 8. The molecule has 2 aromatic heterocycles. The molecule has 1 fully saturated rings. The van der Waals surface area contributed by atoms with Gasteiger partial charge in [-0.3, -0.25) is 9.71 Å². The first-order valence-electron chi connectivity index (χ1n) is 13.3. The Morgan fingerprint density at radius 1 is 1.10 bits per heavy atom. The van der Waals surface area contributed by atoms with E-state index in [9.17, 15) is 12.8 Å². The third kappa shape index (κ3) is 8.61. The summed E-state index contributed by atoms with van der Waals surface area (Å²) in [6, 6.07) is 10.8. The molecule has 226 valence electrons. The van der Waals surface area contributed by atoms with E-state index in [1.165, 1.54) is 50.1 Å². The average molecular weight is 657 g/mol. The van der Waals surface area contributed by atoms with E-state index in [4.69, 9.17) is 37.4 Å². The monoisotopic (exact) mass is 655 g/mol. The van der Waals surface area contributed by atoms with Gasteiger partial charge in [0.05, 0.1) is 24.4 Å². The molecule has 0 bridgehead atoms. The van der Waals surface area contributed by atoms with Gasteiger partial charge in [-0.2, -0.15) is 0 Å². The number of rotatable bonds is 11. The lowest BCUT2D eigenvalue weighted by Crippen LogP contribution is -2.38. The van der Waals surface area contributed by atoms with Crippen LogP contribution in [0.5, 0.6) is 23.0 Å². The van der Waals surface area contributed by atoms with Crippen molar-refractivity contribution in [2.24, 2.45) is 0 Å². The molecule has 1 N–H and O–H groups in total. The highest BCUT2D eigenvalue weighted by atomic mass is 35.5. The number of halogens is 3. The average Bonchev–Trinajstić information content (AvgIpc) is 3.30. The van der Waals surface area contributed by atoms with E-state index >= 15 is 0 Å². The zero-order chi connectivity index (χ0) is 30.1. The lowest BCUT2D eigenvalue weighted by molar-refractivity contribution is 0.148. The van der Waals surface area contributed by atoms with Crippen LogP contribution < -0.4 is 18.9 Å². The van der Waals surface area contributed by atoms with Crippen molar-refractivity contribution < 1.29 is 27.0 Å². The Balaban J connectivity index is 1.46. The second-order valence-corrected chi connectivity index (χ2v) is 13.1. The number of anilines is 1. The van der Waals surface area contributed by atoms with Crippen LogP contribution in [0.2, 0.25) is 9.36 Å². The number of likely N-dealkylation sites (tertiary alicyclic amines) is 1. The summed E-state index contributed by atoms with van der Waals surface area (Å²) in [5.74, 6) is 0.280. The molecule has 0 amide bonds. The van der Waals surface area contributed by atoms with Gasteiger partial charge in [-0.25, -0.2) is 12.8 Å². The summed E-state index contributed by atoms with van der Waals surface area (Å²) in [5, 5.41) is 1.39. The zero-order valence-electron chi connectivity index (χ0n) is 23.2. The number of nitrogens with one attached hydrogen (secondary N) is 1. The predicted molar refractivity (Wildman–Crippen MR) is 165 cm³/mol. The van der Waals surface area contributed by atoms with Gasteiger partial charge in [0.15, 0.2) is 23.1 Å². The second kappa shape index (κ2) is 15.1. The van der Waals surface area contributed by atoms with Gasteiger partial charge in [-0.1, -0.05) is 29.6 Å². The van der Waals surface area contributed by atoms with E-state index < -0.39 is 15.8 Å². The number of benzene rings is 1. The Morgan fingerprint density at radius 3 is 2.60 bits per heavy atom. The largest absolute Gasteiger partial charge is 0.493 e. The van der Waals surface area contributed by atoms with Gasteiger partial charge in [-0.15, -0.1) is 11.3 Å². The highest BCUT2D eigenvalue weighted by Gasteiger charge is 2.24. The summed E-state index contributed by atoms with van der Waals surface area (Å²) in [5.41, 5.74) is -0.0264. The summed E-state index contributed by atoms with van der Waals surface area (Å²) < 4.78 is 60.0. The van der Waals surface area contributed by atoms with Crippen LogP contribution in [-0.4, -0.2) is 51.1 Å². The third-order valence-corrected chi connectivity index (χ3v) is 10.1. The maximum absolute atomic E-state index is 15.0. The van der Waals surface area contributed by atoms with Gasteiger partial charge in [-0.05, 0) is 63.1 Å². The highest BCUT2D eigenvalue weighted by Crippen LogP contribution is 2.37. The van der Waals surface area contributed by atoms with E-state index in [1.807, 2.05) is 0 Å². The highest BCUT2D eigenvalue weighted by molar-refractivity contribution is 7.93. The van der Waals surface area contributed by atoms with Gasteiger partial charge in [0.1, 0.15) is 15.0 Å². The van der Waals surface area contributed by atoms with E-state index in [2.05, 4.69) is 21.5 Å². The van der Waals surface area contributed by atoms with Crippen molar-refractivity contribution in [3.8, 4) is 23.0 Å². The van der Waals surface area contributed by atoms with Crippen molar-refractivity contribution in [2.45, 2.75) is 43.5 Å². The molecule has 13 heteroatoms. The van der Waals surface area contributed by atoms with Crippen LogP contribution in [0.4, 0.5) is 10.1 Å². The fraction of sp³-hybridized carbons (Fsp3) is 0.345. The number of aromatic nitrogens is 1. The van der Waals surface area contributed by atoms with Gasteiger partial charge in [0, 0.05) is 42.5 Å². The van der Waals surface area contributed by atoms with E-state index in [0.717, 1.165) is 36.9 Å². The smallest absolute Gasteiger partial charge is 0.265 e.